The molecule has 0 unspecified atom stereocenters. The predicted molar refractivity (Wildman–Crippen MR) is 137 cm³/mol. The average Bonchev–Trinajstić information content (AvgIpc) is 3.21. The monoisotopic (exact) mass is 504 g/mol. The van der Waals surface area contributed by atoms with Crippen molar-refractivity contribution in [1.29, 1.82) is 0 Å². The lowest BCUT2D eigenvalue weighted by Crippen LogP contribution is -2.40. The van der Waals surface area contributed by atoms with Crippen LogP contribution < -0.4 is 10.1 Å². The first-order chi connectivity index (χ1) is 17.7. The number of fused-ring (bicyclic) bond motifs is 1. The van der Waals surface area contributed by atoms with Crippen LogP contribution in [0.1, 0.15) is 39.3 Å². The van der Waals surface area contributed by atoms with Crippen molar-refractivity contribution in [2.45, 2.75) is 45.3 Å². The second-order valence-corrected chi connectivity index (χ2v) is 9.69. The molecule has 3 aromatic heterocycles. The summed E-state index contributed by atoms with van der Waals surface area (Å²) in [6.07, 6.45) is 4.42. The molecule has 10 heteroatoms. The van der Waals surface area contributed by atoms with E-state index in [1.54, 1.807) is 43.5 Å². The number of hydrogen-bond acceptors (Lipinski definition) is 7. The maximum Gasteiger partial charge on any atom is 0.229 e. The fraction of sp³-hybridized carbons (Fsp3) is 0.333. The lowest BCUT2D eigenvalue weighted by molar-refractivity contribution is -0.130. The Morgan fingerprint density at radius 1 is 1.14 bits per heavy atom. The number of rotatable bonds is 6. The van der Waals surface area contributed by atoms with E-state index in [9.17, 15) is 14.3 Å². The molecule has 192 valence electrons. The fourth-order valence-corrected chi connectivity index (χ4v) is 4.33. The molecule has 1 amide bonds. The molecule has 0 radical (unpaired) electrons. The highest BCUT2D eigenvalue weighted by molar-refractivity contribution is 5.79. The highest BCUT2D eigenvalue weighted by Gasteiger charge is 2.22. The van der Waals surface area contributed by atoms with Gasteiger partial charge in [-0.3, -0.25) is 9.36 Å². The van der Waals surface area contributed by atoms with E-state index in [1.807, 2.05) is 29.2 Å². The van der Waals surface area contributed by atoms with Crippen molar-refractivity contribution in [3.05, 3.63) is 66.4 Å². The SMILES string of the molecule is CC(=O)N1CCC(Oc2ccc(Nc3ncc4c(F)cn(-c5cccc(C(C)(C)O)n5)c4n3)cc2)CC1. The van der Waals surface area contributed by atoms with Crippen molar-refractivity contribution in [2.75, 3.05) is 18.4 Å². The standard InChI is InChI=1S/C27H29FN6O3/c1-17(35)33-13-11-20(12-14-33)37-19-9-7-18(8-10-19)30-26-29-15-21-22(28)16-34(25(21)32-26)24-6-4-5-23(31-24)27(2,3)36/h4-10,15-16,20,36H,11-14H2,1-3H3,(H,29,30,32). The number of benzene rings is 1. The third-order valence-corrected chi connectivity index (χ3v) is 6.41. The van der Waals surface area contributed by atoms with Crippen LogP contribution >= 0.6 is 0 Å². The summed E-state index contributed by atoms with van der Waals surface area (Å²) in [4.78, 5) is 26.6. The number of aromatic nitrogens is 4. The summed E-state index contributed by atoms with van der Waals surface area (Å²) in [7, 11) is 0. The number of pyridine rings is 1. The van der Waals surface area contributed by atoms with Gasteiger partial charge in [0.2, 0.25) is 11.9 Å². The molecule has 0 aliphatic carbocycles. The van der Waals surface area contributed by atoms with E-state index >= 15 is 0 Å². The van der Waals surface area contributed by atoms with E-state index < -0.39 is 11.4 Å². The molecular formula is C27H29FN6O3. The zero-order chi connectivity index (χ0) is 26.2. The molecule has 0 saturated carbocycles. The van der Waals surface area contributed by atoms with Gasteiger partial charge in [0.25, 0.3) is 0 Å². The zero-order valence-corrected chi connectivity index (χ0v) is 21.0. The highest BCUT2D eigenvalue weighted by atomic mass is 19.1. The molecule has 1 aliphatic heterocycles. The molecule has 0 atom stereocenters. The van der Waals surface area contributed by atoms with Crippen molar-refractivity contribution >= 4 is 28.6 Å². The summed E-state index contributed by atoms with van der Waals surface area (Å²) in [6, 6.07) is 12.7. The Hall–Kier alpha value is -4.05. The molecule has 1 aliphatic rings. The van der Waals surface area contributed by atoms with E-state index in [0.29, 0.717) is 36.2 Å². The summed E-state index contributed by atoms with van der Waals surface area (Å²) in [5.41, 5.74) is 0.429. The summed E-state index contributed by atoms with van der Waals surface area (Å²) < 4.78 is 22.3. The minimum Gasteiger partial charge on any atom is -0.490 e. The maximum absolute atomic E-state index is 14.7. The number of hydrogen-bond donors (Lipinski definition) is 2. The van der Waals surface area contributed by atoms with Crippen LogP contribution in [0.5, 0.6) is 5.75 Å². The van der Waals surface area contributed by atoms with Gasteiger partial charge in [-0.25, -0.2) is 14.4 Å². The van der Waals surface area contributed by atoms with Crippen LogP contribution in [0.3, 0.4) is 0 Å². The second kappa shape index (κ2) is 9.78. The Morgan fingerprint density at radius 2 is 1.86 bits per heavy atom. The molecule has 0 bridgehead atoms. The van der Waals surface area contributed by atoms with E-state index in [4.69, 9.17) is 4.74 Å². The van der Waals surface area contributed by atoms with Crippen molar-refractivity contribution in [2.24, 2.45) is 0 Å². The smallest absolute Gasteiger partial charge is 0.229 e. The number of likely N-dealkylation sites (tertiary alicyclic amines) is 1. The van der Waals surface area contributed by atoms with E-state index in [1.165, 1.54) is 12.4 Å². The van der Waals surface area contributed by atoms with Crippen molar-refractivity contribution < 1.29 is 19.0 Å². The number of nitrogens with one attached hydrogen (secondary N) is 1. The fourth-order valence-electron chi connectivity index (χ4n) is 4.33. The molecule has 9 nitrogen and oxygen atoms in total. The Morgan fingerprint density at radius 3 is 2.54 bits per heavy atom. The van der Waals surface area contributed by atoms with Gasteiger partial charge in [0.05, 0.1) is 11.1 Å². The number of halogens is 1. The number of carbonyl (C=O) groups is 1. The van der Waals surface area contributed by atoms with E-state index in [0.717, 1.165) is 24.3 Å². The van der Waals surface area contributed by atoms with Gasteiger partial charge in [-0.2, -0.15) is 4.98 Å². The van der Waals surface area contributed by atoms with Gasteiger partial charge in [-0.05, 0) is 50.2 Å². The largest absolute Gasteiger partial charge is 0.490 e. The van der Waals surface area contributed by atoms with Gasteiger partial charge in [0.15, 0.2) is 11.5 Å². The Bertz CT molecular complexity index is 1420. The summed E-state index contributed by atoms with van der Waals surface area (Å²) >= 11 is 0. The first kappa shape index (κ1) is 24.6. The summed E-state index contributed by atoms with van der Waals surface area (Å²) in [6.45, 7) is 6.30. The normalized spacial score (nSPS) is 14.7. The van der Waals surface area contributed by atoms with Crippen molar-refractivity contribution in [3.8, 4) is 11.6 Å². The lowest BCUT2D eigenvalue weighted by atomic mass is 10.1. The number of piperidine rings is 1. The quantitative estimate of drug-likeness (QED) is 0.403. The van der Waals surface area contributed by atoms with E-state index in [2.05, 4.69) is 20.3 Å². The molecule has 37 heavy (non-hydrogen) atoms. The summed E-state index contributed by atoms with van der Waals surface area (Å²) in [5.74, 6) is 1.12. The number of carbonyl (C=O) groups excluding carboxylic acids is 1. The Labute approximate surface area is 213 Å². The molecular weight excluding hydrogens is 475 g/mol. The van der Waals surface area contributed by atoms with Crippen LogP contribution in [0.4, 0.5) is 16.0 Å². The first-order valence-corrected chi connectivity index (χ1v) is 12.2. The predicted octanol–water partition coefficient (Wildman–Crippen LogP) is 4.32. The van der Waals surface area contributed by atoms with Crippen LogP contribution in [-0.4, -0.2) is 54.6 Å². The molecule has 5 rings (SSSR count). The van der Waals surface area contributed by atoms with Gasteiger partial charge in [-0.15, -0.1) is 0 Å². The molecule has 1 aromatic carbocycles. The second-order valence-electron chi connectivity index (χ2n) is 9.69. The van der Waals surface area contributed by atoms with E-state index in [-0.39, 0.29) is 17.4 Å². The topological polar surface area (TPSA) is 105 Å². The molecule has 4 heterocycles. The Balaban J connectivity index is 1.32. The van der Waals surface area contributed by atoms with Gasteiger partial charge >= 0.3 is 0 Å². The third kappa shape index (κ3) is 5.39. The average molecular weight is 505 g/mol. The third-order valence-electron chi connectivity index (χ3n) is 6.41. The first-order valence-electron chi connectivity index (χ1n) is 12.2. The van der Waals surface area contributed by atoms with Gasteiger partial charge in [0.1, 0.15) is 23.3 Å². The molecule has 1 fully saturated rings. The zero-order valence-electron chi connectivity index (χ0n) is 21.0. The van der Waals surface area contributed by atoms with Crippen LogP contribution in [0.25, 0.3) is 16.9 Å². The van der Waals surface area contributed by atoms with Crippen molar-refractivity contribution in [1.82, 2.24) is 24.4 Å². The van der Waals surface area contributed by atoms with Crippen LogP contribution in [0.2, 0.25) is 0 Å². The molecule has 2 N–H and O–H groups in total. The molecule has 0 spiro atoms. The molecule has 4 aromatic rings. The van der Waals surface area contributed by atoms with Gasteiger partial charge < -0.3 is 20.1 Å². The number of anilines is 2. The number of nitrogens with zero attached hydrogens (tertiary/aromatic N) is 5. The molecule has 1 saturated heterocycles. The van der Waals surface area contributed by atoms with Crippen LogP contribution in [0, 0.1) is 5.82 Å². The summed E-state index contributed by atoms with van der Waals surface area (Å²) in [5, 5.41) is 13.7. The minimum absolute atomic E-state index is 0.0753. The minimum atomic E-state index is -1.14. The van der Waals surface area contributed by atoms with Crippen molar-refractivity contribution in [3.63, 3.8) is 0 Å². The van der Waals surface area contributed by atoms with Gasteiger partial charge in [0, 0.05) is 50.9 Å². The van der Waals surface area contributed by atoms with Crippen LogP contribution in [0.15, 0.2) is 54.9 Å². The van der Waals surface area contributed by atoms with Gasteiger partial charge in [-0.1, -0.05) is 6.07 Å². The number of ether oxygens (including phenoxy) is 1. The Kier molecular flexibility index (Phi) is 6.51. The number of aliphatic hydroxyl groups is 1. The highest BCUT2D eigenvalue weighted by Crippen LogP contribution is 2.26. The van der Waals surface area contributed by atoms with Crippen LogP contribution in [-0.2, 0) is 10.4 Å². The maximum atomic E-state index is 14.7. The number of amides is 1. The lowest BCUT2D eigenvalue weighted by Gasteiger charge is -2.31.